The lowest BCUT2D eigenvalue weighted by molar-refractivity contribution is 0.668. The highest BCUT2D eigenvalue weighted by Crippen LogP contribution is 2.46. The zero-order valence-corrected chi connectivity index (χ0v) is 27.7. The van der Waals surface area contributed by atoms with Crippen LogP contribution in [-0.4, -0.2) is 0 Å². The first-order chi connectivity index (χ1) is 25.3. The van der Waals surface area contributed by atoms with Crippen LogP contribution in [0, 0.1) is 0 Å². The number of fused-ring (bicyclic) bond motifs is 6. The van der Waals surface area contributed by atoms with E-state index in [9.17, 15) is 0 Å². The Labute approximate surface area is 295 Å². The lowest BCUT2D eigenvalue weighted by Gasteiger charge is -2.26. The van der Waals surface area contributed by atoms with Gasteiger partial charge in [-0.25, -0.2) is 0 Å². The molecule has 0 amide bonds. The van der Waals surface area contributed by atoms with Crippen molar-refractivity contribution in [3.8, 4) is 33.4 Å². The van der Waals surface area contributed by atoms with Crippen molar-refractivity contribution in [3.05, 3.63) is 188 Å². The largest absolute Gasteiger partial charge is 0.456 e. The van der Waals surface area contributed by atoms with Gasteiger partial charge in [0.1, 0.15) is 16.7 Å². The minimum Gasteiger partial charge on any atom is -0.456 e. The van der Waals surface area contributed by atoms with Crippen LogP contribution in [0.3, 0.4) is 0 Å². The quantitative estimate of drug-likeness (QED) is 0.179. The number of rotatable bonds is 6. The van der Waals surface area contributed by atoms with Gasteiger partial charge in [0.15, 0.2) is 5.58 Å². The molecule has 0 saturated heterocycles. The van der Waals surface area contributed by atoms with Crippen LogP contribution in [0.15, 0.2) is 197 Å². The van der Waals surface area contributed by atoms with Crippen molar-refractivity contribution < 1.29 is 8.83 Å². The van der Waals surface area contributed by atoms with Crippen molar-refractivity contribution in [2.24, 2.45) is 0 Å². The van der Waals surface area contributed by atoms with Gasteiger partial charge in [-0.15, -0.1) is 0 Å². The van der Waals surface area contributed by atoms with Crippen molar-refractivity contribution in [2.75, 3.05) is 4.90 Å². The first-order valence-corrected chi connectivity index (χ1v) is 17.3. The van der Waals surface area contributed by atoms with Crippen LogP contribution < -0.4 is 4.90 Å². The molecule has 2 heterocycles. The summed E-state index contributed by atoms with van der Waals surface area (Å²) in [5, 5.41) is 4.33. The molecule has 240 valence electrons. The Morgan fingerprint density at radius 2 is 0.902 bits per heavy atom. The lowest BCUT2D eigenvalue weighted by atomic mass is 9.91. The van der Waals surface area contributed by atoms with E-state index in [1.165, 1.54) is 22.3 Å². The number of nitrogens with zero attached hydrogens (tertiary/aromatic N) is 1. The molecular formula is C48H31NO2. The van der Waals surface area contributed by atoms with Gasteiger partial charge < -0.3 is 13.7 Å². The molecule has 8 aromatic carbocycles. The van der Waals surface area contributed by atoms with Crippen molar-refractivity contribution >= 4 is 60.9 Å². The second-order valence-corrected chi connectivity index (χ2v) is 12.9. The number of furan rings is 2. The standard InChI is InChI=1S/C48H31NO2/c1-3-13-33(14-4-1)37-30-27-35(31-41(37)34-15-5-2-6-16-34)32-25-28-36(29-26-32)49(42-20-12-24-46-47(42)40-18-8-10-23-45(40)50-46)43-21-11-19-39-38-17-7-9-22-44(38)51-48(39)43/h1-31H. The predicted octanol–water partition coefficient (Wildman–Crippen LogP) is 14.0. The van der Waals surface area contributed by atoms with E-state index in [0.29, 0.717) is 0 Å². The third kappa shape index (κ3) is 4.90. The SMILES string of the molecule is c1ccc(-c2ccc(-c3ccc(N(c4cccc5c4oc4ccccc45)c4cccc5oc6ccccc6c45)cc3)cc2-c2ccccc2)cc1. The molecule has 10 aromatic rings. The van der Waals surface area contributed by atoms with E-state index < -0.39 is 0 Å². The van der Waals surface area contributed by atoms with Gasteiger partial charge in [0.05, 0.1) is 16.8 Å². The van der Waals surface area contributed by atoms with Crippen LogP contribution in [-0.2, 0) is 0 Å². The average molecular weight is 654 g/mol. The maximum absolute atomic E-state index is 6.62. The molecule has 0 N–H and O–H groups in total. The Morgan fingerprint density at radius 3 is 1.67 bits per heavy atom. The Bertz CT molecular complexity index is 2850. The zero-order valence-electron chi connectivity index (χ0n) is 27.7. The fourth-order valence-electron chi connectivity index (χ4n) is 7.51. The fourth-order valence-corrected chi connectivity index (χ4v) is 7.51. The van der Waals surface area contributed by atoms with E-state index >= 15 is 0 Å². The summed E-state index contributed by atoms with van der Waals surface area (Å²) >= 11 is 0. The van der Waals surface area contributed by atoms with Gasteiger partial charge in [-0.3, -0.25) is 0 Å². The molecule has 3 nitrogen and oxygen atoms in total. The van der Waals surface area contributed by atoms with E-state index in [1.54, 1.807) is 0 Å². The Balaban J connectivity index is 1.16. The van der Waals surface area contributed by atoms with Crippen molar-refractivity contribution in [1.29, 1.82) is 0 Å². The third-order valence-corrected chi connectivity index (χ3v) is 9.89. The molecule has 10 rings (SSSR count). The van der Waals surface area contributed by atoms with E-state index in [1.807, 2.05) is 30.3 Å². The molecule has 0 unspecified atom stereocenters. The molecule has 0 fully saturated rings. The molecule has 0 bridgehead atoms. The Kier molecular flexibility index (Phi) is 6.81. The highest BCUT2D eigenvalue weighted by molar-refractivity contribution is 6.16. The monoisotopic (exact) mass is 653 g/mol. The smallest absolute Gasteiger partial charge is 0.159 e. The van der Waals surface area contributed by atoms with Gasteiger partial charge in [-0.1, -0.05) is 140 Å². The molecule has 0 radical (unpaired) electrons. The average Bonchev–Trinajstić information content (AvgIpc) is 3.78. The molecule has 0 aliphatic rings. The van der Waals surface area contributed by atoms with Crippen LogP contribution >= 0.6 is 0 Å². The Hall–Kier alpha value is -6.84. The molecule has 0 aliphatic heterocycles. The number of benzene rings is 8. The Morgan fingerprint density at radius 1 is 0.333 bits per heavy atom. The first kappa shape index (κ1) is 29.1. The minimum absolute atomic E-state index is 0.844. The third-order valence-electron chi connectivity index (χ3n) is 9.89. The zero-order chi connectivity index (χ0) is 33.7. The van der Waals surface area contributed by atoms with Crippen molar-refractivity contribution in [3.63, 3.8) is 0 Å². The lowest BCUT2D eigenvalue weighted by Crippen LogP contribution is -2.10. The number of hydrogen-bond donors (Lipinski definition) is 0. The first-order valence-electron chi connectivity index (χ1n) is 17.3. The van der Waals surface area contributed by atoms with Gasteiger partial charge >= 0.3 is 0 Å². The van der Waals surface area contributed by atoms with Gasteiger partial charge in [0, 0.05) is 21.8 Å². The van der Waals surface area contributed by atoms with E-state index in [4.69, 9.17) is 8.83 Å². The van der Waals surface area contributed by atoms with Crippen LogP contribution in [0.4, 0.5) is 17.1 Å². The summed E-state index contributed by atoms with van der Waals surface area (Å²) in [4.78, 5) is 2.31. The molecule has 0 atom stereocenters. The maximum Gasteiger partial charge on any atom is 0.159 e. The summed E-state index contributed by atoms with van der Waals surface area (Å²) in [6.45, 7) is 0. The molecule has 3 heteroatoms. The summed E-state index contributed by atoms with van der Waals surface area (Å²) in [6.07, 6.45) is 0. The van der Waals surface area contributed by atoms with E-state index in [2.05, 4.69) is 163 Å². The summed E-state index contributed by atoms with van der Waals surface area (Å²) < 4.78 is 13.0. The van der Waals surface area contributed by atoms with Crippen LogP contribution in [0.5, 0.6) is 0 Å². The van der Waals surface area contributed by atoms with Gasteiger partial charge in [0.25, 0.3) is 0 Å². The molecule has 0 aliphatic carbocycles. The summed E-state index contributed by atoms with van der Waals surface area (Å²) in [7, 11) is 0. The summed E-state index contributed by atoms with van der Waals surface area (Å²) in [5.41, 5.74) is 13.6. The van der Waals surface area contributed by atoms with Crippen LogP contribution in [0.25, 0.3) is 77.3 Å². The van der Waals surface area contributed by atoms with Crippen LogP contribution in [0.2, 0.25) is 0 Å². The number of anilines is 3. The normalized spacial score (nSPS) is 11.5. The number of hydrogen-bond acceptors (Lipinski definition) is 3. The number of para-hydroxylation sites is 3. The fraction of sp³-hybridized carbons (Fsp3) is 0. The minimum atomic E-state index is 0.844. The molecule has 51 heavy (non-hydrogen) atoms. The second-order valence-electron chi connectivity index (χ2n) is 12.9. The molecular weight excluding hydrogens is 623 g/mol. The summed E-state index contributed by atoms with van der Waals surface area (Å²) in [5.74, 6) is 0. The molecule has 0 spiro atoms. The van der Waals surface area contributed by atoms with Gasteiger partial charge in [-0.05, 0) is 81.9 Å². The highest BCUT2D eigenvalue weighted by Gasteiger charge is 2.23. The highest BCUT2D eigenvalue weighted by atomic mass is 16.3. The summed E-state index contributed by atoms with van der Waals surface area (Å²) in [6, 6.07) is 66.1. The van der Waals surface area contributed by atoms with Crippen LogP contribution in [0.1, 0.15) is 0 Å². The molecule has 0 saturated carbocycles. The van der Waals surface area contributed by atoms with Gasteiger partial charge in [0.2, 0.25) is 0 Å². The van der Waals surface area contributed by atoms with Crippen molar-refractivity contribution in [1.82, 2.24) is 0 Å². The van der Waals surface area contributed by atoms with E-state index in [0.717, 1.165) is 72.1 Å². The van der Waals surface area contributed by atoms with Gasteiger partial charge in [-0.2, -0.15) is 0 Å². The van der Waals surface area contributed by atoms with Crippen molar-refractivity contribution in [2.45, 2.75) is 0 Å². The maximum atomic E-state index is 6.62. The topological polar surface area (TPSA) is 29.5 Å². The predicted molar refractivity (Wildman–Crippen MR) is 212 cm³/mol. The molecule has 2 aromatic heterocycles. The van der Waals surface area contributed by atoms with E-state index in [-0.39, 0.29) is 0 Å². The second kappa shape index (κ2) is 11.9.